The van der Waals surface area contributed by atoms with Crippen LogP contribution in [0.2, 0.25) is 0 Å². The van der Waals surface area contributed by atoms with E-state index in [1.54, 1.807) is 30.3 Å². The first kappa shape index (κ1) is 19.6. The summed E-state index contributed by atoms with van der Waals surface area (Å²) in [6.07, 6.45) is 4.27. The summed E-state index contributed by atoms with van der Waals surface area (Å²) in [5.74, 6) is -0.491. The predicted molar refractivity (Wildman–Crippen MR) is 105 cm³/mol. The number of methoxy groups -OCH3 is 1. The van der Waals surface area contributed by atoms with Gasteiger partial charge in [0.25, 0.3) is 10.0 Å². The molecule has 1 aromatic carbocycles. The molecule has 2 aromatic rings. The van der Waals surface area contributed by atoms with E-state index in [0.29, 0.717) is 29.3 Å². The summed E-state index contributed by atoms with van der Waals surface area (Å²) in [5.41, 5.74) is 0.717. The van der Waals surface area contributed by atoms with Gasteiger partial charge >= 0.3 is 5.97 Å². The average molecular weight is 408 g/mol. The number of carboxylic acid groups (broad SMARTS) is 1. The van der Waals surface area contributed by atoms with Crippen molar-refractivity contribution in [2.45, 2.75) is 23.5 Å². The number of sulfonamides is 1. The molecule has 1 aromatic heterocycles. The molecule has 0 aliphatic carbocycles. The van der Waals surface area contributed by atoms with E-state index in [1.807, 2.05) is 0 Å². The van der Waals surface area contributed by atoms with Crippen molar-refractivity contribution in [3.63, 3.8) is 0 Å². The molecule has 0 saturated carbocycles. The van der Waals surface area contributed by atoms with Crippen LogP contribution in [0.15, 0.2) is 40.6 Å². The summed E-state index contributed by atoms with van der Waals surface area (Å²) in [6.45, 7) is 1.03. The zero-order valence-electron chi connectivity index (χ0n) is 14.9. The summed E-state index contributed by atoms with van der Waals surface area (Å²) >= 11 is 0.989. The number of rotatable bonds is 6. The lowest BCUT2D eigenvalue weighted by Gasteiger charge is -2.25. The molecule has 1 fully saturated rings. The second-order valence-electron chi connectivity index (χ2n) is 6.22. The highest BCUT2D eigenvalue weighted by molar-refractivity contribution is 7.91. The third-order valence-electron chi connectivity index (χ3n) is 4.39. The van der Waals surface area contributed by atoms with Crippen LogP contribution >= 0.6 is 11.3 Å². The van der Waals surface area contributed by atoms with Crippen LogP contribution in [0.5, 0.6) is 5.75 Å². The Morgan fingerprint density at radius 2 is 1.93 bits per heavy atom. The largest absolute Gasteiger partial charge is 0.497 e. The van der Waals surface area contributed by atoms with Gasteiger partial charge in [0, 0.05) is 18.0 Å². The zero-order valence-corrected chi connectivity index (χ0v) is 16.6. The number of carboxylic acids is 1. The lowest BCUT2D eigenvalue weighted by molar-refractivity contribution is -0.130. The Balaban J connectivity index is 1.94. The van der Waals surface area contributed by atoms with Crippen LogP contribution in [-0.4, -0.2) is 44.0 Å². The molecule has 0 radical (unpaired) electrons. The second kappa shape index (κ2) is 8.24. The van der Waals surface area contributed by atoms with Gasteiger partial charge in [0.1, 0.15) is 9.96 Å². The molecular weight excluding hydrogens is 386 g/mol. The Hall–Kier alpha value is -2.16. The number of benzene rings is 1. The molecule has 144 valence electrons. The molecule has 3 rings (SSSR count). The minimum Gasteiger partial charge on any atom is -0.497 e. The van der Waals surface area contributed by atoms with Gasteiger partial charge in [-0.25, -0.2) is 13.2 Å². The van der Waals surface area contributed by atoms with E-state index in [-0.39, 0.29) is 9.78 Å². The number of hydrogen-bond acceptors (Lipinski definition) is 5. The number of ether oxygens (including phenoxy) is 1. The number of carbonyl (C=O) groups is 1. The number of nitrogens with zero attached hydrogens (tertiary/aromatic N) is 1. The van der Waals surface area contributed by atoms with Crippen molar-refractivity contribution in [2.75, 3.05) is 20.2 Å². The molecule has 0 atom stereocenters. The van der Waals surface area contributed by atoms with Crippen LogP contribution in [-0.2, 0) is 14.8 Å². The summed E-state index contributed by atoms with van der Waals surface area (Å²) in [5, 5.41) is 9.62. The van der Waals surface area contributed by atoms with E-state index in [9.17, 15) is 18.3 Å². The molecule has 6 nitrogen and oxygen atoms in total. The number of hydrogen-bond donors (Lipinski definition) is 1. The zero-order chi connectivity index (χ0) is 19.4. The lowest BCUT2D eigenvalue weighted by atomic mass is 10.1. The normalized spacial score (nSPS) is 16.3. The lowest BCUT2D eigenvalue weighted by Crippen LogP contribution is -2.35. The molecule has 0 amide bonds. The van der Waals surface area contributed by atoms with Gasteiger partial charge in [-0.2, -0.15) is 4.31 Å². The minimum absolute atomic E-state index is 0.0494. The van der Waals surface area contributed by atoms with Crippen LogP contribution in [0.25, 0.3) is 11.6 Å². The maximum atomic E-state index is 12.8. The molecule has 8 heteroatoms. The van der Waals surface area contributed by atoms with Crippen molar-refractivity contribution < 1.29 is 23.1 Å². The molecule has 1 N–H and O–H groups in total. The maximum Gasteiger partial charge on any atom is 0.337 e. The predicted octanol–water partition coefficient (Wildman–Crippen LogP) is 3.56. The first-order valence-corrected chi connectivity index (χ1v) is 10.9. The van der Waals surface area contributed by atoms with Crippen molar-refractivity contribution in [2.24, 2.45) is 0 Å². The van der Waals surface area contributed by atoms with E-state index < -0.39 is 16.0 Å². The molecular formula is C19H21NO5S2. The summed E-state index contributed by atoms with van der Waals surface area (Å²) in [4.78, 5) is 12.2. The van der Waals surface area contributed by atoms with E-state index in [2.05, 4.69) is 0 Å². The quantitative estimate of drug-likeness (QED) is 0.740. The average Bonchev–Trinajstić information content (AvgIpc) is 3.17. The van der Waals surface area contributed by atoms with Gasteiger partial charge in [-0.15, -0.1) is 11.3 Å². The Morgan fingerprint density at radius 1 is 1.19 bits per heavy atom. The third-order valence-corrected chi connectivity index (χ3v) is 7.88. The second-order valence-corrected chi connectivity index (χ2v) is 9.47. The van der Waals surface area contributed by atoms with Crippen LogP contribution in [0.3, 0.4) is 0 Å². The number of piperidine rings is 1. The first-order chi connectivity index (χ1) is 12.9. The van der Waals surface area contributed by atoms with E-state index in [0.717, 1.165) is 30.6 Å². The van der Waals surface area contributed by atoms with Gasteiger partial charge in [-0.3, -0.25) is 0 Å². The standard InChI is InChI=1S/C19H21NO5S2/c1-25-15-7-5-6-14(12-15)13-16(19(21)22)17-8-9-18(26-17)27(23,24)20-10-3-2-4-11-20/h5-9,12-13H,2-4,10-11H2,1H3,(H,21,22)/b16-13-. The highest BCUT2D eigenvalue weighted by atomic mass is 32.2. The summed E-state index contributed by atoms with van der Waals surface area (Å²) < 4.78 is 32.4. The van der Waals surface area contributed by atoms with E-state index in [1.165, 1.54) is 23.6 Å². The van der Waals surface area contributed by atoms with Gasteiger partial charge in [-0.1, -0.05) is 18.6 Å². The van der Waals surface area contributed by atoms with Crippen LogP contribution in [0.4, 0.5) is 0 Å². The van der Waals surface area contributed by atoms with E-state index in [4.69, 9.17) is 4.74 Å². The fourth-order valence-electron chi connectivity index (χ4n) is 2.97. The highest BCUT2D eigenvalue weighted by Crippen LogP contribution is 2.32. The topological polar surface area (TPSA) is 83.9 Å². The molecule has 2 heterocycles. The number of thiophene rings is 1. The van der Waals surface area contributed by atoms with Gasteiger partial charge in [0.2, 0.25) is 0 Å². The summed E-state index contributed by atoms with van der Waals surface area (Å²) in [7, 11) is -2.03. The molecule has 1 aliphatic rings. The smallest absolute Gasteiger partial charge is 0.337 e. The van der Waals surface area contributed by atoms with Crippen LogP contribution in [0.1, 0.15) is 29.7 Å². The maximum absolute atomic E-state index is 12.8. The van der Waals surface area contributed by atoms with Gasteiger partial charge in [-0.05, 0) is 48.7 Å². The first-order valence-electron chi connectivity index (χ1n) is 8.61. The molecule has 1 aliphatic heterocycles. The Labute approximate surface area is 162 Å². The van der Waals surface area contributed by atoms with Gasteiger partial charge in [0.05, 0.1) is 12.7 Å². The fourth-order valence-corrected chi connectivity index (χ4v) is 5.96. The number of aliphatic carboxylic acids is 1. The van der Waals surface area contributed by atoms with Gasteiger partial charge in [0.15, 0.2) is 0 Å². The van der Waals surface area contributed by atoms with Gasteiger partial charge < -0.3 is 9.84 Å². The van der Waals surface area contributed by atoms with Crippen molar-refractivity contribution in [1.82, 2.24) is 4.31 Å². The van der Waals surface area contributed by atoms with E-state index >= 15 is 0 Å². The molecule has 0 spiro atoms. The Bertz CT molecular complexity index is 956. The molecule has 0 bridgehead atoms. The Kier molecular flexibility index (Phi) is 5.98. The van der Waals surface area contributed by atoms with Crippen molar-refractivity contribution in [3.05, 3.63) is 46.8 Å². The fraction of sp³-hybridized carbons (Fsp3) is 0.316. The van der Waals surface area contributed by atoms with Crippen molar-refractivity contribution >= 4 is 39.0 Å². The molecule has 0 unspecified atom stereocenters. The Morgan fingerprint density at radius 3 is 2.59 bits per heavy atom. The summed E-state index contributed by atoms with van der Waals surface area (Å²) in [6, 6.07) is 10.1. The molecule has 27 heavy (non-hydrogen) atoms. The minimum atomic E-state index is -3.57. The van der Waals surface area contributed by atoms with Crippen molar-refractivity contribution in [3.8, 4) is 5.75 Å². The molecule has 1 saturated heterocycles. The third kappa shape index (κ3) is 4.40. The SMILES string of the molecule is COc1cccc(/C=C(\C(=O)O)c2ccc(S(=O)(=O)N3CCCCC3)s2)c1. The van der Waals surface area contributed by atoms with Crippen LogP contribution < -0.4 is 4.74 Å². The van der Waals surface area contributed by atoms with Crippen molar-refractivity contribution in [1.29, 1.82) is 0 Å². The van der Waals surface area contributed by atoms with Crippen LogP contribution in [0, 0.1) is 0 Å². The monoisotopic (exact) mass is 407 g/mol. The highest BCUT2D eigenvalue weighted by Gasteiger charge is 2.28.